The first-order valence-electron chi connectivity index (χ1n) is 25.9. The van der Waals surface area contributed by atoms with E-state index >= 15 is 4.79 Å². The van der Waals surface area contributed by atoms with Gasteiger partial charge in [0.1, 0.15) is 17.7 Å². The van der Waals surface area contributed by atoms with Gasteiger partial charge >= 0.3 is 12.1 Å². The number of carbonyl (C=O) groups excluding carboxylic acids is 4. The van der Waals surface area contributed by atoms with Gasteiger partial charge in [0.05, 0.1) is 30.1 Å². The molecule has 14 heteroatoms. The number of esters is 1. The largest absolute Gasteiger partial charge is 0.464 e. The lowest BCUT2D eigenvalue weighted by Gasteiger charge is -2.37. The third kappa shape index (κ3) is 10.4. The Labute approximate surface area is 414 Å². The lowest BCUT2D eigenvalue weighted by molar-refractivity contribution is -0.155. The molecule has 3 saturated heterocycles. The molecule has 2 aromatic heterocycles. The predicted octanol–water partition coefficient (Wildman–Crippen LogP) is 8.64. The van der Waals surface area contributed by atoms with Crippen molar-refractivity contribution in [3.05, 3.63) is 77.6 Å². The number of benzene rings is 2. The van der Waals surface area contributed by atoms with Crippen LogP contribution < -0.4 is 10.7 Å². The summed E-state index contributed by atoms with van der Waals surface area (Å²) in [6, 6.07) is 17.0. The molecule has 1 spiro atoms. The lowest BCUT2D eigenvalue weighted by atomic mass is 9.84. The molecule has 0 unspecified atom stereocenters. The van der Waals surface area contributed by atoms with Crippen molar-refractivity contribution in [3.8, 4) is 22.4 Å². The number of aromatic nitrogens is 2. The highest BCUT2D eigenvalue weighted by Crippen LogP contribution is 2.44. The molecule has 6 heterocycles. The summed E-state index contributed by atoms with van der Waals surface area (Å²) in [4.78, 5) is 66.3. The molecular weight excluding hydrogens is 883 g/mol. The van der Waals surface area contributed by atoms with Gasteiger partial charge in [0, 0.05) is 79.7 Å². The van der Waals surface area contributed by atoms with Crippen LogP contribution >= 0.6 is 0 Å². The van der Waals surface area contributed by atoms with E-state index in [9.17, 15) is 14.4 Å². The van der Waals surface area contributed by atoms with Gasteiger partial charge < -0.3 is 29.0 Å². The first kappa shape index (κ1) is 49.7. The quantitative estimate of drug-likeness (QED) is 0.165. The van der Waals surface area contributed by atoms with E-state index in [-0.39, 0.29) is 48.4 Å². The van der Waals surface area contributed by atoms with Crippen LogP contribution in [-0.2, 0) is 48.0 Å². The third-order valence-corrected chi connectivity index (χ3v) is 15.7. The van der Waals surface area contributed by atoms with E-state index in [1.165, 1.54) is 0 Å². The predicted molar refractivity (Wildman–Crippen MR) is 270 cm³/mol. The summed E-state index contributed by atoms with van der Waals surface area (Å²) in [5.74, 6) is -0.655. The van der Waals surface area contributed by atoms with E-state index < -0.39 is 35.1 Å². The molecule has 0 radical (unpaired) electrons. The van der Waals surface area contributed by atoms with Crippen LogP contribution in [-0.4, -0.2) is 118 Å². The number of rotatable bonds is 8. The Morgan fingerprint density at radius 1 is 0.957 bits per heavy atom. The van der Waals surface area contributed by atoms with Crippen LogP contribution in [0.4, 0.5) is 4.79 Å². The summed E-state index contributed by atoms with van der Waals surface area (Å²) in [5.41, 5.74) is 10.3. The molecule has 4 aliphatic heterocycles. The number of carbonyl (C=O) groups is 4. The second-order valence-electron chi connectivity index (χ2n) is 22.7. The van der Waals surface area contributed by atoms with E-state index in [1.54, 1.807) is 12.1 Å². The molecule has 2 aromatic carbocycles. The average molecular weight is 958 g/mol. The number of aryl methyl sites for hydroxylation is 1. The zero-order chi connectivity index (χ0) is 49.5. The molecule has 6 bridgehead atoms. The molecular formula is C56H75N7O7. The second kappa shape index (κ2) is 20.1. The molecule has 3 amide bonds. The highest BCUT2D eigenvalue weighted by atomic mass is 16.6. The number of fused-ring (bicyclic) bond motifs is 6. The SMILES string of the molecule is CCn1c(-c2cccnc2[C@H](C)OC)c2c3cc(ccc31)-c1cccc(c1)C[C@H](NC(=O)[C@H](C1CCCC1)N1CC[C@]3(CCN(C(=O)OC(C)(C)C)C3)C1)C(=O)N1CCC[C@H](N1)C(=O)OCC(C)(C)C2. The van der Waals surface area contributed by atoms with Gasteiger partial charge in [0.2, 0.25) is 5.91 Å². The monoisotopic (exact) mass is 958 g/mol. The van der Waals surface area contributed by atoms with Crippen molar-refractivity contribution in [3.63, 3.8) is 0 Å². The molecule has 14 nitrogen and oxygen atoms in total. The molecule has 9 rings (SSSR count). The number of methoxy groups -OCH3 is 1. The van der Waals surface area contributed by atoms with Gasteiger partial charge in [-0.15, -0.1) is 0 Å². The number of hydrogen-bond acceptors (Lipinski definition) is 10. The van der Waals surface area contributed by atoms with Crippen LogP contribution in [0, 0.1) is 16.7 Å². The van der Waals surface area contributed by atoms with Crippen molar-refractivity contribution in [2.24, 2.45) is 16.7 Å². The lowest BCUT2D eigenvalue weighted by Crippen LogP contribution is -2.62. The molecule has 4 aromatic rings. The van der Waals surface area contributed by atoms with Crippen molar-refractivity contribution in [1.82, 2.24) is 35.1 Å². The fourth-order valence-electron chi connectivity index (χ4n) is 12.2. The number of likely N-dealkylation sites (tertiary alicyclic amines) is 2. The Hall–Kier alpha value is -5.31. The fourth-order valence-corrected chi connectivity index (χ4v) is 12.2. The topological polar surface area (TPSA) is 148 Å². The molecule has 5 atom stereocenters. The maximum absolute atomic E-state index is 15.1. The summed E-state index contributed by atoms with van der Waals surface area (Å²) < 4.78 is 20.2. The number of ether oxygens (including phenoxy) is 3. The molecule has 2 N–H and O–H groups in total. The molecule has 5 aliphatic rings. The van der Waals surface area contributed by atoms with Gasteiger partial charge in [-0.25, -0.2) is 10.2 Å². The van der Waals surface area contributed by atoms with E-state index in [0.29, 0.717) is 45.4 Å². The standard InChI is InChI=1S/C56H75N7O7/c1-9-62-46-22-21-40-31-42(46)43(49(62)41-19-13-25-57-47(41)36(2)68-8)32-55(6,7)35-69-52(66)44-20-14-26-63(59-44)51(65)45(30-37-15-12-18-39(40)29-37)58-50(64)48(38-16-10-11-17-38)60-27-23-56(33-60)24-28-61(34-56)53(67)70-54(3,4)5/h12-13,15,18-19,21-22,25,29,31,36,38,44-45,48,59H,9-11,14,16-17,20,23-24,26-28,30,32-35H2,1-8H3,(H,58,64)/t36-,44-,45-,48-,56-/m0/s1. The maximum atomic E-state index is 15.1. The second-order valence-corrected chi connectivity index (χ2v) is 22.7. The number of hydrogen-bond donors (Lipinski definition) is 2. The minimum absolute atomic E-state index is 0.116. The Morgan fingerprint density at radius 3 is 2.49 bits per heavy atom. The fraction of sp³-hybridized carbons (Fsp3) is 0.589. The van der Waals surface area contributed by atoms with Crippen molar-refractivity contribution >= 4 is 34.8 Å². The van der Waals surface area contributed by atoms with Crippen LogP contribution in [0.5, 0.6) is 0 Å². The Bertz CT molecular complexity index is 2600. The van der Waals surface area contributed by atoms with Gasteiger partial charge in [-0.1, -0.05) is 57.0 Å². The van der Waals surface area contributed by atoms with Crippen molar-refractivity contribution in [2.75, 3.05) is 46.4 Å². The first-order valence-corrected chi connectivity index (χ1v) is 25.9. The summed E-state index contributed by atoms with van der Waals surface area (Å²) in [5, 5.41) is 6.01. The van der Waals surface area contributed by atoms with Crippen molar-refractivity contribution in [1.29, 1.82) is 0 Å². The van der Waals surface area contributed by atoms with Gasteiger partial charge in [-0.05, 0) is 139 Å². The highest BCUT2D eigenvalue weighted by molar-refractivity contribution is 5.95. The number of pyridine rings is 1. The van der Waals surface area contributed by atoms with Crippen molar-refractivity contribution in [2.45, 2.75) is 149 Å². The Balaban J connectivity index is 1.07. The average Bonchev–Trinajstić information content (AvgIpc) is 4.17. The maximum Gasteiger partial charge on any atom is 0.410 e. The van der Waals surface area contributed by atoms with Gasteiger partial charge in [0.25, 0.3) is 5.91 Å². The Kier molecular flexibility index (Phi) is 14.2. The third-order valence-electron chi connectivity index (χ3n) is 15.7. The Morgan fingerprint density at radius 2 is 1.73 bits per heavy atom. The zero-order valence-electron chi connectivity index (χ0n) is 42.8. The van der Waals surface area contributed by atoms with Gasteiger partial charge in [-0.2, -0.15) is 0 Å². The summed E-state index contributed by atoms with van der Waals surface area (Å²) in [6.07, 6.45) is 9.08. The number of cyclic esters (lactones) is 1. The van der Waals surface area contributed by atoms with E-state index in [4.69, 9.17) is 19.2 Å². The summed E-state index contributed by atoms with van der Waals surface area (Å²) in [7, 11) is 1.71. The molecule has 4 fully saturated rings. The van der Waals surface area contributed by atoms with E-state index in [2.05, 4.69) is 77.4 Å². The van der Waals surface area contributed by atoms with Gasteiger partial charge in [0.15, 0.2) is 0 Å². The molecule has 376 valence electrons. The first-order chi connectivity index (χ1) is 33.4. The minimum atomic E-state index is -0.907. The normalized spacial score (nSPS) is 24.5. The number of hydrazine groups is 1. The number of amides is 3. The van der Waals surface area contributed by atoms with Crippen LogP contribution in [0.1, 0.15) is 123 Å². The van der Waals surface area contributed by atoms with Crippen molar-refractivity contribution < 1.29 is 33.4 Å². The molecule has 1 saturated carbocycles. The smallest absolute Gasteiger partial charge is 0.410 e. The van der Waals surface area contributed by atoms with Crippen LogP contribution in [0.2, 0.25) is 0 Å². The van der Waals surface area contributed by atoms with Crippen LogP contribution in [0.3, 0.4) is 0 Å². The molecule has 1 aliphatic carbocycles. The summed E-state index contributed by atoms with van der Waals surface area (Å²) >= 11 is 0. The minimum Gasteiger partial charge on any atom is -0.464 e. The highest BCUT2D eigenvalue weighted by Gasteiger charge is 2.50. The van der Waals surface area contributed by atoms with E-state index in [0.717, 1.165) is 102 Å². The van der Waals surface area contributed by atoms with Crippen LogP contribution in [0.25, 0.3) is 33.3 Å². The summed E-state index contributed by atoms with van der Waals surface area (Å²) in [6.45, 7) is 18.1. The number of nitrogens with one attached hydrogen (secondary N) is 2. The van der Waals surface area contributed by atoms with E-state index in [1.807, 2.05) is 57.0 Å². The molecule has 70 heavy (non-hydrogen) atoms. The number of nitrogens with zero attached hydrogens (tertiary/aromatic N) is 5. The van der Waals surface area contributed by atoms with Crippen LogP contribution in [0.15, 0.2) is 60.8 Å². The zero-order valence-corrected chi connectivity index (χ0v) is 42.8. The van der Waals surface area contributed by atoms with Gasteiger partial charge in [-0.3, -0.25) is 29.3 Å².